The zero-order chi connectivity index (χ0) is 10.1. The summed E-state index contributed by atoms with van der Waals surface area (Å²) in [6.07, 6.45) is 1.55. The first-order valence-electron chi connectivity index (χ1n) is 4.77. The van der Waals surface area contributed by atoms with E-state index in [-0.39, 0.29) is 0 Å². The number of thiophene rings is 1. The number of hydrogen-bond acceptors (Lipinski definition) is 3. The highest BCUT2D eigenvalue weighted by molar-refractivity contribution is 9.11. The molecule has 4 heteroatoms. The lowest BCUT2D eigenvalue weighted by Gasteiger charge is -2.16. The van der Waals surface area contributed by atoms with Crippen LogP contribution in [0.25, 0.3) is 0 Å². The molecule has 1 aliphatic carbocycles. The Bertz CT molecular complexity index is 309. The predicted octanol–water partition coefficient (Wildman–Crippen LogP) is 2.18. The minimum atomic E-state index is -0.604. The monoisotopic (exact) mass is 276 g/mol. The second-order valence-corrected chi connectivity index (χ2v) is 6.35. The Morgan fingerprint density at radius 1 is 1.43 bits per heavy atom. The topological polar surface area (TPSA) is 40.5 Å². The lowest BCUT2D eigenvalue weighted by molar-refractivity contribution is 0.00716. The van der Waals surface area contributed by atoms with E-state index in [0.29, 0.717) is 12.3 Å². The summed E-state index contributed by atoms with van der Waals surface area (Å²) in [5.74, 6) is 0.341. The van der Waals surface area contributed by atoms with Crippen LogP contribution < -0.4 is 0 Å². The lowest BCUT2D eigenvalue weighted by atomic mass is 10.1. The molecule has 1 aliphatic rings. The van der Waals surface area contributed by atoms with Crippen molar-refractivity contribution in [1.29, 1.82) is 0 Å². The average Bonchev–Trinajstić information content (AvgIpc) is 2.91. The van der Waals surface area contributed by atoms with Crippen LogP contribution in [0.1, 0.15) is 17.7 Å². The molecule has 14 heavy (non-hydrogen) atoms. The molecule has 78 valence electrons. The van der Waals surface area contributed by atoms with Gasteiger partial charge in [-0.15, -0.1) is 11.3 Å². The molecule has 1 heterocycles. The molecule has 2 atom stereocenters. The molecular formula is C10H13BrO2S. The first-order valence-corrected chi connectivity index (χ1v) is 6.38. The van der Waals surface area contributed by atoms with Crippen molar-refractivity contribution >= 4 is 27.3 Å². The molecule has 0 aliphatic heterocycles. The minimum Gasteiger partial charge on any atom is -0.390 e. The summed E-state index contributed by atoms with van der Waals surface area (Å²) in [7, 11) is 0. The Morgan fingerprint density at radius 3 is 2.64 bits per heavy atom. The van der Waals surface area contributed by atoms with Crippen molar-refractivity contribution in [2.75, 3.05) is 0 Å². The van der Waals surface area contributed by atoms with Gasteiger partial charge in [0.2, 0.25) is 0 Å². The highest BCUT2D eigenvalue weighted by Gasteiger charge is 2.34. The van der Waals surface area contributed by atoms with Gasteiger partial charge in [-0.2, -0.15) is 0 Å². The third-order valence-corrected chi connectivity index (χ3v) is 4.18. The third-order valence-electron chi connectivity index (χ3n) is 2.54. The molecule has 2 N–H and O–H groups in total. The van der Waals surface area contributed by atoms with E-state index in [1.54, 1.807) is 11.3 Å². The maximum atomic E-state index is 9.73. The molecule has 1 aromatic rings. The number of halogens is 1. The van der Waals surface area contributed by atoms with Gasteiger partial charge >= 0.3 is 0 Å². The van der Waals surface area contributed by atoms with Crippen molar-refractivity contribution in [3.8, 4) is 0 Å². The SMILES string of the molecule is OC(Cc1ccc(Br)s1)C(O)C1CC1. The zero-order valence-electron chi connectivity index (χ0n) is 7.69. The summed E-state index contributed by atoms with van der Waals surface area (Å²) in [5.41, 5.74) is 0. The van der Waals surface area contributed by atoms with Crippen LogP contribution in [-0.4, -0.2) is 22.4 Å². The summed E-state index contributed by atoms with van der Waals surface area (Å²) in [4.78, 5) is 1.11. The van der Waals surface area contributed by atoms with Crippen molar-refractivity contribution in [2.24, 2.45) is 5.92 Å². The Kier molecular flexibility index (Phi) is 3.27. The Labute approximate surface area is 95.7 Å². The zero-order valence-corrected chi connectivity index (χ0v) is 10.1. The van der Waals surface area contributed by atoms with E-state index in [1.807, 2.05) is 12.1 Å². The predicted molar refractivity (Wildman–Crippen MR) is 60.5 cm³/mol. The molecule has 0 aromatic carbocycles. The fourth-order valence-electron chi connectivity index (χ4n) is 1.54. The maximum Gasteiger partial charge on any atom is 0.0849 e. The molecule has 0 bridgehead atoms. The first kappa shape index (κ1) is 10.6. The van der Waals surface area contributed by atoms with E-state index < -0.39 is 12.2 Å². The standard InChI is InChI=1S/C10H13BrO2S/c11-9-4-3-7(14-9)5-8(12)10(13)6-1-2-6/h3-4,6,8,10,12-13H,1-2,5H2. The fraction of sp³-hybridized carbons (Fsp3) is 0.600. The van der Waals surface area contributed by atoms with Gasteiger partial charge in [-0.3, -0.25) is 0 Å². The summed E-state index contributed by atoms with van der Waals surface area (Å²) >= 11 is 4.99. The highest BCUT2D eigenvalue weighted by atomic mass is 79.9. The van der Waals surface area contributed by atoms with Crippen LogP contribution in [0.4, 0.5) is 0 Å². The van der Waals surface area contributed by atoms with Gasteiger partial charge in [-0.25, -0.2) is 0 Å². The van der Waals surface area contributed by atoms with Crippen LogP contribution in [0, 0.1) is 5.92 Å². The van der Waals surface area contributed by atoms with Gasteiger partial charge in [0.15, 0.2) is 0 Å². The van der Waals surface area contributed by atoms with Crippen LogP contribution in [0.15, 0.2) is 15.9 Å². The van der Waals surface area contributed by atoms with E-state index >= 15 is 0 Å². The van der Waals surface area contributed by atoms with Crippen molar-refractivity contribution in [2.45, 2.75) is 31.5 Å². The summed E-state index contributed by atoms with van der Waals surface area (Å²) in [6.45, 7) is 0. The quantitative estimate of drug-likeness (QED) is 0.885. The molecule has 0 saturated heterocycles. The van der Waals surface area contributed by atoms with E-state index in [9.17, 15) is 10.2 Å². The van der Waals surface area contributed by atoms with E-state index in [0.717, 1.165) is 21.5 Å². The van der Waals surface area contributed by atoms with Crippen molar-refractivity contribution in [1.82, 2.24) is 0 Å². The van der Waals surface area contributed by atoms with Gasteiger partial charge in [-0.1, -0.05) is 0 Å². The van der Waals surface area contributed by atoms with Crippen LogP contribution >= 0.6 is 27.3 Å². The molecule has 0 radical (unpaired) electrons. The highest BCUT2D eigenvalue weighted by Crippen LogP contribution is 2.35. The number of rotatable bonds is 4. The van der Waals surface area contributed by atoms with Crippen LogP contribution in [0.3, 0.4) is 0 Å². The summed E-state index contributed by atoms with van der Waals surface area (Å²) < 4.78 is 1.07. The van der Waals surface area contributed by atoms with Crippen molar-refractivity contribution in [3.05, 3.63) is 20.8 Å². The number of aliphatic hydroxyl groups is 2. The Hall–Kier alpha value is 0.1000. The van der Waals surface area contributed by atoms with E-state index in [2.05, 4.69) is 15.9 Å². The average molecular weight is 277 g/mol. The largest absolute Gasteiger partial charge is 0.390 e. The van der Waals surface area contributed by atoms with E-state index in [4.69, 9.17) is 0 Å². The van der Waals surface area contributed by atoms with Crippen molar-refractivity contribution in [3.63, 3.8) is 0 Å². The number of aliphatic hydroxyl groups excluding tert-OH is 2. The number of hydrogen-bond donors (Lipinski definition) is 2. The van der Waals surface area contributed by atoms with Gasteiger partial charge in [0.25, 0.3) is 0 Å². The summed E-state index contributed by atoms with van der Waals surface area (Å²) in [6, 6.07) is 3.95. The van der Waals surface area contributed by atoms with Crippen LogP contribution in [-0.2, 0) is 6.42 Å². The molecule has 1 saturated carbocycles. The second-order valence-electron chi connectivity index (χ2n) is 3.81. The van der Waals surface area contributed by atoms with Gasteiger partial charge in [0, 0.05) is 11.3 Å². The van der Waals surface area contributed by atoms with Gasteiger partial charge in [0.1, 0.15) is 0 Å². The maximum absolute atomic E-state index is 9.73. The van der Waals surface area contributed by atoms with Gasteiger partial charge < -0.3 is 10.2 Å². The molecular weight excluding hydrogens is 264 g/mol. The van der Waals surface area contributed by atoms with Crippen LogP contribution in [0.5, 0.6) is 0 Å². The molecule has 0 spiro atoms. The third kappa shape index (κ3) is 2.57. The molecule has 2 rings (SSSR count). The molecule has 2 nitrogen and oxygen atoms in total. The normalized spacial score (nSPS) is 20.8. The van der Waals surface area contributed by atoms with Gasteiger partial charge in [0.05, 0.1) is 16.0 Å². The lowest BCUT2D eigenvalue weighted by Crippen LogP contribution is -2.29. The van der Waals surface area contributed by atoms with Crippen molar-refractivity contribution < 1.29 is 10.2 Å². The fourth-order valence-corrected chi connectivity index (χ4v) is 3.07. The Balaban J connectivity index is 1.89. The second kappa shape index (κ2) is 4.31. The molecule has 2 unspecified atom stereocenters. The van der Waals surface area contributed by atoms with Gasteiger partial charge in [-0.05, 0) is 46.8 Å². The Morgan fingerprint density at radius 2 is 2.14 bits per heavy atom. The molecule has 1 aromatic heterocycles. The first-order chi connectivity index (χ1) is 6.66. The molecule has 1 fully saturated rings. The minimum absolute atomic E-state index is 0.341. The smallest absolute Gasteiger partial charge is 0.0849 e. The van der Waals surface area contributed by atoms with Crippen LogP contribution in [0.2, 0.25) is 0 Å². The molecule has 0 amide bonds. The van der Waals surface area contributed by atoms with E-state index in [1.165, 1.54) is 0 Å². The summed E-state index contributed by atoms with van der Waals surface area (Å²) in [5, 5.41) is 19.4.